The maximum Gasteiger partial charge on any atom is 0.255 e. The molecular formula is C22H28N4O2. The molecule has 5 rings (SSSR count). The summed E-state index contributed by atoms with van der Waals surface area (Å²) >= 11 is 0. The number of H-pyrrole nitrogens is 1. The number of aromatic amines is 1. The maximum atomic E-state index is 12.5. The molecule has 0 radical (unpaired) electrons. The summed E-state index contributed by atoms with van der Waals surface area (Å²) in [7, 11) is 0. The van der Waals surface area contributed by atoms with Crippen molar-refractivity contribution in [3.63, 3.8) is 0 Å². The van der Waals surface area contributed by atoms with Gasteiger partial charge < -0.3 is 10.0 Å². The van der Waals surface area contributed by atoms with E-state index in [9.17, 15) is 9.90 Å². The number of benzene rings is 1. The largest absolute Gasteiger partial charge is 0.395 e. The molecule has 0 amide bonds. The van der Waals surface area contributed by atoms with Crippen LogP contribution in [0.4, 0.5) is 5.95 Å². The fraction of sp³-hybridized carbons (Fsp3) is 0.545. The molecule has 1 aromatic carbocycles. The summed E-state index contributed by atoms with van der Waals surface area (Å²) in [5, 5.41) is 9.59. The van der Waals surface area contributed by atoms with Gasteiger partial charge in [0.1, 0.15) is 0 Å². The van der Waals surface area contributed by atoms with E-state index in [0.29, 0.717) is 6.54 Å². The van der Waals surface area contributed by atoms with E-state index in [-0.39, 0.29) is 17.7 Å². The molecule has 148 valence electrons. The predicted octanol–water partition coefficient (Wildman–Crippen LogP) is 1.95. The Balaban J connectivity index is 1.42. The van der Waals surface area contributed by atoms with E-state index < -0.39 is 0 Å². The van der Waals surface area contributed by atoms with Crippen molar-refractivity contribution in [3.05, 3.63) is 57.0 Å². The zero-order chi connectivity index (χ0) is 19.1. The van der Waals surface area contributed by atoms with E-state index in [1.807, 2.05) is 0 Å². The number of aromatic nitrogens is 2. The van der Waals surface area contributed by atoms with Crippen LogP contribution in [0.2, 0.25) is 0 Å². The number of hydrogen-bond donors (Lipinski definition) is 2. The topological polar surface area (TPSA) is 72.5 Å². The molecule has 1 saturated heterocycles. The smallest absolute Gasteiger partial charge is 0.255 e. The van der Waals surface area contributed by atoms with Crippen LogP contribution < -0.4 is 10.5 Å². The molecule has 0 bridgehead atoms. The lowest BCUT2D eigenvalue weighted by Gasteiger charge is -2.45. The van der Waals surface area contributed by atoms with Crippen LogP contribution in [0.5, 0.6) is 0 Å². The Labute approximate surface area is 165 Å². The van der Waals surface area contributed by atoms with Crippen molar-refractivity contribution in [2.24, 2.45) is 0 Å². The van der Waals surface area contributed by atoms with Crippen molar-refractivity contribution < 1.29 is 5.11 Å². The molecule has 6 heteroatoms. The highest BCUT2D eigenvalue weighted by Crippen LogP contribution is 2.46. The van der Waals surface area contributed by atoms with Gasteiger partial charge in [-0.3, -0.25) is 14.7 Å². The Bertz CT molecular complexity index is 930. The van der Waals surface area contributed by atoms with Crippen LogP contribution in [-0.4, -0.2) is 46.2 Å². The fourth-order valence-electron chi connectivity index (χ4n) is 5.47. The minimum Gasteiger partial charge on any atom is -0.395 e. The van der Waals surface area contributed by atoms with Crippen molar-refractivity contribution in [2.45, 2.75) is 50.6 Å². The first-order chi connectivity index (χ1) is 13.7. The molecule has 1 aliphatic carbocycles. The van der Waals surface area contributed by atoms with Gasteiger partial charge in [0.15, 0.2) is 0 Å². The lowest BCUT2D eigenvalue weighted by molar-refractivity contribution is 0.0557. The van der Waals surface area contributed by atoms with E-state index >= 15 is 0 Å². The summed E-state index contributed by atoms with van der Waals surface area (Å²) in [6, 6.07) is 8.69. The molecule has 6 nitrogen and oxygen atoms in total. The summed E-state index contributed by atoms with van der Waals surface area (Å²) in [5.74, 6) is 0.737. The van der Waals surface area contributed by atoms with E-state index in [2.05, 4.69) is 39.0 Å². The summed E-state index contributed by atoms with van der Waals surface area (Å²) in [5.41, 5.74) is 4.72. The number of aliphatic hydroxyl groups is 1. The third-order valence-corrected chi connectivity index (χ3v) is 6.92. The number of anilines is 1. The Morgan fingerprint density at radius 2 is 1.93 bits per heavy atom. The number of hydrogen-bond acceptors (Lipinski definition) is 5. The van der Waals surface area contributed by atoms with Gasteiger partial charge in [0.25, 0.3) is 5.56 Å². The molecule has 1 aromatic heterocycles. The van der Waals surface area contributed by atoms with Crippen LogP contribution in [0.15, 0.2) is 29.1 Å². The highest BCUT2D eigenvalue weighted by molar-refractivity contribution is 5.42. The number of aliphatic hydroxyl groups excluding tert-OH is 1. The van der Waals surface area contributed by atoms with Crippen LogP contribution in [0, 0.1) is 0 Å². The van der Waals surface area contributed by atoms with E-state index in [1.54, 1.807) is 0 Å². The molecule has 1 spiro atoms. The van der Waals surface area contributed by atoms with E-state index in [4.69, 9.17) is 4.98 Å². The maximum absolute atomic E-state index is 12.5. The van der Waals surface area contributed by atoms with Crippen molar-refractivity contribution in [2.75, 3.05) is 31.1 Å². The van der Waals surface area contributed by atoms with Crippen LogP contribution in [0.3, 0.4) is 0 Å². The minimum absolute atomic E-state index is 0.00960. The van der Waals surface area contributed by atoms with Gasteiger partial charge in [-0.25, -0.2) is 4.98 Å². The van der Waals surface area contributed by atoms with Gasteiger partial charge in [0.2, 0.25) is 5.95 Å². The van der Waals surface area contributed by atoms with Gasteiger partial charge >= 0.3 is 0 Å². The zero-order valence-corrected chi connectivity index (χ0v) is 16.3. The lowest BCUT2D eigenvalue weighted by Crippen LogP contribution is -2.51. The van der Waals surface area contributed by atoms with Crippen molar-refractivity contribution in [1.82, 2.24) is 14.9 Å². The normalized spacial score (nSPS) is 21.0. The Morgan fingerprint density at radius 1 is 1.14 bits per heavy atom. The van der Waals surface area contributed by atoms with Crippen LogP contribution in [-0.2, 0) is 24.9 Å². The van der Waals surface area contributed by atoms with E-state index in [1.165, 1.54) is 11.1 Å². The summed E-state index contributed by atoms with van der Waals surface area (Å²) in [4.78, 5) is 25.1. The van der Waals surface area contributed by atoms with Crippen molar-refractivity contribution in [3.8, 4) is 0 Å². The molecule has 2 N–H and O–H groups in total. The second kappa shape index (κ2) is 7.01. The van der Waals surface area contributed by atoms with Crippen LogP contribution >= 0.6 is 0 Å². The number of nitrogens with zero attached hydrogens (tertiary/aromatic N) is 3. The third-order valence-electron chi connectivity index (χ3n) is 6.92. The predicted molar refractivity (Wildman–Crippen MR) is 109 cm³/mol. The quantitative estimate of drug-likeness (QED) is 0.852. The second-order valence-corrected chi connectivity index (χ2v) is 8.34. The standard InChI is InChI=1S/C22H28N4O2/c27-14-13-26-15-16-5-1-3-7-18(16)22(26)9-11-25(12-10-22)21-23-19-8-4-2-6-17(19)20(28)24-21/h1,3,5,7,27H,2,4,6,8-15H2,(H,23,24,28). The second-order valence-electron chi connectivity index (χ2n) is 8.34. The van der Waals surface area contributed by atoms with Crippen molar-refractivity contribution >= 4 is 5.95 Å². The summed E-state index contributed by atoms with van der Waals surface area (Å²) in [6.07, 6.45) is 5.94. The van der Waals surface area contributed by atoms with Crippen molar-refractivity contribution in [1.29, 1.82) is 0 Å². The molecule has 1 fully saturated rings. The summed E-state index contributed by atoms with van der Waals surface area (Å²) < 4.78 is 0. The number of rotatable bonds is 3. The number of fused-ring (bicyclic) bond motifs is 3. The molecular weight excluding hydrogens is 352 g/mol. The lowest BCUT2D eigenvalue weighted by atomic mass is 9.81. The third kappa shape index (κ3) is 2.78. The highest BCUT2D eigenvalue weighted by atomic mass is 16.3. The average molecular weight is 380 g/mol. The van der Waals surface area contributed by atoms with Gasteiger partial charge in [0.05, 0.1) is 17.8 Å². The number of β-amino-alcohol motifs (C(OH)–C–C–N with tert-alkyl or cyclic N) is 1. The number of piperidine rings is 1. The molecule has 0 unspecified atom stereocenters. The molecule has 3 aliphatic rings. The van der Waals surface area contributed by atoms with Crippen LogP contribution in [0.25, 0.3) is 0 Å². The molecule has 2 aliphatic heterocycles. The first-order valence-electron chi connectivity index (χ1n) is 10.5. The first-order valence-corrected chi connectivity index (χ1v) is 10.5. The Kier molecular flexibility index (Phi) is 4.48. The van der Waals surface area contributed by atoms with E-state index in [0.717, 1.165) is 75.4 Å². The molecule has 3 heterocycles. The van der Waals surface area contributed by atoms with Gasteiger partial charge in [-0.2, -0.15) is 0 Å². The minimum atomic E-state index is -0.00960. The molecule has 2 aromatic rings. The van der Waals surface area contributed by atoms with Gasteiger partial charge in [-0.05, 0) is 49.7 Å². The zero-order valence-electron chi connectivity index (χ0n) is 16.3. The molecule has 28 heavy (non-hydrogen) atoms. The van der Waals surface area contributed by atoms with Gasteiger partial charge in [0, 0.05) is 31.7 Å². The first kappa shape index (κ1) is 17.9. The van der Waals surface area contributed by atoms with Crippen LogP contribution in [0.1, 0.15) is 48.1 Å². The Hall–Kier alpha value is -2.18. The Morgan fingerprint density at radius 3 is 2.75 bits per heavy atom. The number of aryl methyl sites for hydroxylation is 1. The monoisotopic (exact) mass is 380 g/mol. The van der Waals surface area contributed by atoms with Gasteiger partial charge in [-0.15, -0.1) is 0 Å². The van der Waals surface area contributed by atoms with Gasteiger partial charge in [-0.1, -0.05) is 24.3 Å². The molecule has 0 saturated carbocycles. The highest BCUT2D eigenvalue weighted by Gasteiger charge is 2.46. The molecule has 0 atom stereocenters. The summed E-state index contributed by atoms with van der Waals surface area (Å²) in [6.45, 7) is 3.50. The average Bonchev–Trinajstić information content (AvgIpc) is 3.02. The fourth-order valence-corrected chi connectivity index (χ4v) is 5.47. The number of nitrogens with one attached hydrogen (secondary N) is 1. The SMILES string of the molecule is O=c1[nH]c(N2CCC3(CC2)c2ccccc2CN3CCO)nc2c1CCCC2.